The summed E-state index contributed by atoms with van der Waals surface area (Å²) in [6, 6.07) is 2.23. The summed E-state index contributed by atoms with van der Waals surface area (Å²) in [4.78, 5) is 0. The zero-order valence-electron chi connectivity index (χ0n) is 8.94. The van der Waals surface area contributed by atoms with Gasteiger partial charge in [0.1, 0.15) is 12.0 Å². The SMILES string of the molecule is Cc1cc(-c2n[nH]c(=S)n2C(C)C)co1. The molecule has 2 heterocycles. The molecule has 0 aliphatic carbocycles. The molecular formula is C10H13N3OS. The van der Waals surface area contributed by atoms with E-state index in [-0.39, 0.29) is 6.04 Å². The molecule has 2 aromatic rings. The van der Waals surface area contributed by atoms with Crippen LogP contribution >= 0.6 is 12.2 Å². The Morgan fingerprint density at radius 2 is 2.27 bits per heavy atom. The van der Waals surface area contributed by atoms with Crippen molar-refractivity contribution in [1.82, 2.24) is 14.8 Å². The molecule has 0 spiro atoms. The standard InChI is InChI=1S/C10H13N3OS/c1-6(2)13-9(11-12-10(13)15)8-4-7(3)14-5-8/h4-6H,1-3H3,(H,12,15). The molecule has 0 radical (unpaired) electrons. The van der Waals surface area contributed by atoms with E-state index in [1.165, 1.54) is 0 Å². The van der Waals surface area contributed by atoms with E-state index in [0.717, 1.165) is 17.1 Å². The Labute approximate surface area is 92.9 Å². The van der Waals surface area contributed by atoms with Gasteiger partial charge in [0.15, 0.2) is 10.6 Å². The lowest BCUT2D eigenvalue weighted by Gasteiger charge is -2.08. The van der Waals surface area contributed by atoms with Crippen LogP contribution in [0.15, 0.2) is 16.7 Å². The predicted octanol–water partition coefficient (Wildman–Crippen LogP) is 3.09. The molecular weight excluding hydrogens is 210 g/mol. The summed E-state index contributed by atoms with van der Waals surface area (Å²) in [6.45, 7) is 6.05. The Morgan fingerprint density at radius 3 is 2.80 bits per heavy atom. The molecule has 4 nitrogen and oxygen atoms in total. The lowest BCUT2D eigenvalue weighted by molar-refractivity contribution is 0.534. The highest BCUT2D eigenvalue weighted by Crippen LogP contribution is 2.22. The van der Waals surface area contributed by atoms with Crippen molar-refractivity contribution in [2.75, 3.05) is 0 Å². The molecule has 0 saturated carbocycles. The van der Waals surface area contributed by atoms with Gasteiger partial charge < -0.3 is 4.42 Å². The van der Waals surface area contributed by atoms with Crippen molar-refractivity contribution >= 4 is 12.2 Å². The molecule has 2 rings (SSSR count). The molecule has 0 bridgehead atoms. The number of hydrogen-bond acceptors (Lipinski definition) is 3. The number of aromatic nitrogens is 3. The maximum Gasteiger partial charge on any atom is 0.195 e. The van der Waals surface area contributed by atoms with Crippen molar-refractivity contribution in [3.63, 3.8) is 0 Å². The van der Waals surface area contributed by atoms with Crippen LogP contribution in [0, 0.1) is 11.7 Å². The van der Waals surface area contributed by atoms with Gasteiger partial charge in [-0.25, -0.2) is 0 Å². The van der Waals surface area contributed by atoms with E-state index < -0.39 is 0 Å². The molecule has 1 N–H and O–H groups in total. The first-order valence-corrected chi connectivity index (χ1v) is 5.23. The fraction of sp³-hybridized carbons (Fsp3) is 0.400. The topological polar surface area (TPSA) is 46.8 Å². The van der Waals surface area contributed by atoms with Crippen LogP contribution < -0.4 is 0 Å². The predicted molar refractivity (Wildman–Crippen MR) is 60.2 cm³/mol. The highest BCUT2D eigenvalue weighted by atomic mass is 32.1. The molecule has 5 heteroatoms. The van der Waals surface area contributed by atoms with Crippen molar-refractivity contribution in [3.8, 4) is 11.4 Å². The van der Waals surface area contributed by atoms with E-state index in [1.54, 1.807) is 6.26 Å². The van der Waals surface area contributed by atoms with Crippen LogP contribution in [0.3, 0.4) is 0 Å². The van der Waals surface area contributed by atoms with E-state index in [2.05, 4.69) is 24.0 Å². The van der Waals surface area contributed by atoms with E-state index in [4.69, 9.17) is 16.6 Å². The second kappa shape index (κ2) is 3.66. The second-order valence-electron chi connectivity index (χ2n) is 3.76. The zero-order chi connectivity index (χ0) is 11.0. The third-order valence-corrected chi connectivity index (χ3v) is 2.50. The molecule has 0 amide bonds. The Kier molecular flexibility index (Phi) is 2.48. The van der Waals surface area contributed by atoms with Gasteiger partial charge in [0.05, 0.1) is 5.56 Å². The van der Waals surface area contributed by atoms with Gasteiger partial charge in [-0.1, -0.05) is 0 Å². The lowest BCUT2D eigenvalue weighted by atomic mass is 10.3. The third kappa shape index (κ3) is 1.74. The first-order chi connectivity index (χ1) is 7.09. The number of rotatable bonds is 2. The molecule has 0 aliphatic rings. The number of H-pyrrole nitrogens is 1. The number of aryl methyl sites for hydroxylation is 1. The van der Waals surface area contributed by atoms with E-state index in [1.807, 2.05) is 17.6 Å². The molecule has 0 aromatic carbocycles. The maximum atomic E-state index is 5.26. The average molecular weight is 223 g/mol. The Balaban J connectivity index is 2.58. The monoisotopic (exact) mass is 223 g/mol. The first kappa shape index (κ1) is 10.2. The highest BCUT2D eigenvalue weighted by Gasteiger charge is 2.12. The summed E-state index contributed by atoms with van der Waals surface area (Å²) in [5.74, 6) is 1.70. The fourth-order valence-electron chi connectivity index (χ4n) is 1.55. The minimum Gasteiger partial charge on any atom is -0.469 e. The normalized spacial score (nSPS) is 11.2. The van der Waals surface area contributed by atoms with Crippen molar-refractivity contribution in [3.05, 3.63) is 22.9 Å². The Bertz CT molecular complexity index is 521. The third-order valence-electron chi connectivity index (χ3n) is 2.21. The largest absolute Gasteiger partial charge is 0.469 e. The van der Waals surface area contributed by atoms with Gasteiger partial charge in [-0.05, 0) is 39.1 Å². The van der Waals surface area contributed by atoms with E-state index in [9.17, 15) is 0 Å². The molecule has 15 heavy (non-hydrogen) atoms. The molecule has 80 valence electrons. The van der Waals surface area contributed by atoms with Crippen LogP contribution in [0.25, 0.3) is 11.4 Å². The molecule has 0 saturated heterocycles. The van der Waals surface area contributed by atoms with Crippen molar-refractivity contribution in [2.24, 2.45) is 0 Å². The van der Waals surface area contributed by atoms with Gasteiger partial charge in [-0.2, -0.15) is 5.10 Å². The molecule has 0 unspecified atom stereocenters. The summed E-state index contributed by atoms with van der Waals surface area (Å²) in [6.07, 6.45) is 1.69. The number of aromatic amines is 1. The summed E-state index contributed by atoms with van der Waals surface area (Å²) < 4.78 is 7.87. The number of nitrogens with one attached hydrogen (secondary N) is 1. The van der Waals surface area contributed by atoms with Crippen LogP contribution in [-0.4, -0.2) is 14.8 Å². The van der Waals surface area contributed by atoms with Crippen LogP contribution in [0.1, 0.15) is 25.6 Å². The summed E-state index contributed by atoms with van der Waals surface area (Å²) in [7, 11) is 0. The summed E-state index contributed by atoms with van der Waals surface area (Å²) >= 11 is 5.17. The van der Waals surface area contributed by atoms with Crippen LogP contribution in [0.5, 0.6) is 0 Å². The van der Waals surface area contributed by atoms with Crippen molar-refractivity contribution in [2.45, 2.75) is 26.8 Å². The Morgan fingerprint density at radius 1 is 1.53 bits per heavy atom. The van der Waals surface area contributed by atoms with Crippen LogP contribution in [0.2, 0.25) is 0 Å². The fourth-order valence-corrected chi connectivity index (χ4v) is 1.89. The van der Waals surface area contributed by atoms with Gasteiger partial charge in [-0.3, -0.25) is 9.67 Å². The van der Waals surface area contributed by atoms with E-state index >= 15 is 0 Å². The van der Waals surface area contributed by atoms with Gasteiger partial charge in [-0.15, -0.1) is 0 Å². The molecule has 2 aromatic heterocycles. The van der Waals surface area contributed by atoms with Gasteiger partial charge in [0.25, 0.3) is 0 Å². The molecule has 0 fully saturated rings. The van der Waals surface area contributed by atoms with Crippen LogP contribution in [-0.2, 0) is 0 Å². The smallest absolute Gasteiger partial charge is 0.195 e. The Hall–Kier alpha value is -1.36. The van der Waals surface area contributed by atoms with Crippen molar-refractivity contribution in [1.29, 1.82) is 0 Å². The summed E-state index contributed by atoms with van der Waals surface area (Å²) in [5.41, 5.74) is 0.952. The molecule has 0 atom stereocenters. The van der Waals surface area contributed by atoms with Crippen LogP contribution in [0.4, 0.5) is 0 Å². The number of nitrogens with zero attached hydrogens (tertiary/aromatic N) is 2. The number of hydrogen-bond donors (Lipinski definition) is 1. The summed E-state index contributed by atoms with van der Waals surface area (Å²) in [5, 5.41) is 7.01. The quantitative estimate of drug-likeness (QED) is 0.796. The van der Waals surface area contributed by atoms with Gasteiger partial charge >= 0.3 is 0 Å². The maximum absolute atomic E-state index is 5.26. The highest BCUT2D eigenvalue weighted by molar-refractivity contribution is 7.71. The van der Waals surface area contributed by atoms with E-state index in [0.29, 0.717) is 4.77 Å². The average Bonchev–Trinajstić information content (AvgIpc) is 2.71. The minimum atomic E-state index is 0.279. The van der Waals surface area contributed by atoms with Crippen molar-refractivity contribution < 1.29 is 4.42 Å². The lowest BCUT2D eigenvalue weighted by Crippen LogP contribution is -2.02. The molecule has 0 aliphatic heterocycles. The zero-order valence-corrected chi connectivity index (χ0v) is 9.76. The number of furan rings is 1. The van der Waals surface area contributed by atoms with Gasteiger partial charge in [0.2, 0.25) is 0 Å². The first-order valence-electron chi connectivity index (χ1n) is 4.82. The second-order valence-corrected chi connectivity index (χ2v) is 4.15. The minimum absolute atomic E-state index is 0.279. The van der Waals surface area contributed by atoms with Gasteiger partial charge in [0, 0.05) is 6.04 Å².